The smallest absolute Gasteiger partial charge is 0.267 e. The second-order valence-corrected chi connectivity index (χ2v) is 5.28. The zero-order valence-electron chi connectivity index (χ0n) is 11.5. The van der Waals surface area contributed by atoms with Gasteiger partial charge in [-0.2, -0.15) is 0 Å². The van der Waals surface area contributed by atoms with Crippen LogP contribution >= 0.6 is 11.6 Å². The third-order valence-electron chi connectivity index (χ3n) is 3.29. The fraction of sp³-hybridized carbons (Fsp3) is 0.125. The van der Waals surface area contributed by atoms with Gasteiger partial charge in [-0.05, 0) is 31.2 Å². The lowest BCUT2D eigenvalue weighted by Gasteiger charge is -2.16. The largest absolute Gasteiger partial charge is 0.322 e. The summed E-state index contributed by atoms with van der Waals surface area (Å²) in [5.74, 6) is 0.515. The van der Waals surface area contributed by atoms with Gasteiger partial charge >= 0.3 is 0 Å². The molecule has 0 amide bonds. The van der Waals surface area contributed by atoms with Gasteiger partial charge in [0.15, 0.2) is 0 Å². The lowest BCUT2D eigenvalue weighted by atomic mass is 10.2. The Morgan fingerprint density at radius 1 is 1.14 bits per heavy atom. The van der Waals surface area contributed by atoms with Crippen molar-refractivity contribution < 1.29 is 0 Å². The van der Waals surface area contributed by atoms with Crippen LogP contribution in [0.5, 0.6) is 0 Å². The number of benzene rings is 2. The molecule has 2 aromatic carbocycles. The number of nitrogens with two attached hydrogens (primary N) is 1. The number of halogens is 1. The highest BCUT2D eigenvalue weighted by molar-refractivity contribution is 6.35. The maximum absolute atomic E-state index is 12.9. The molecule has 106 valence electrons. The van der Waals surface area contributed by atoms with E-state index in [1.807, 2.05) is 30.3 Å². The van der Waals surface area contributed by atoms with E-state index in [0.717, 1.165) is 5.69 Å². The molecule has 0 aliphatic rings. The number of hydrogen-bond acceptors (Lipinski definition) is 3. The van der Waals surface area contributed by atoms with Crippen LogP contribution in [0.25, 0.3) is 16.6 Å². The Balaban J connectivity index is 2.47. The number of aromatic nitrogens is 2. The van der Waals surface area contributed by atoms with E-state index in [1.165, 1.54) is 4.57 Å². The molecule has 0 spiro atoms. The summed E-state index contributed by atoms with van der Waals surface area (Å²) in [6.45, 7) is 1.80. The first-order chi connectivity index (χ1) is 10.1. The summed E-state index contributed by atoms with van der Waals surface area (Å²) in [5, 5.41) is 0.804. The van der Waals surface area contributed by atoms with Gasteiger partial charge in [-0.1, -0.05) is 35.9 Å². The molecule has 2 N–H and O–H groups in total. The molecule has 0 saturated heterocycles. The van der Waals surface area contributed by atoms with Gasteiger partial charge in [0.25, 0.3) is 5.56 Å². The van der Waals surface area contributed by atoms with Crippen LogP contribution in [0, 0.1) is 0 Å². The van der Waals surface area contributed by atoms with E-state index >= 15 is 0 Å². The Bertz CT molecular complexity index is 857. The van der Waals surface area contributed by atoms with E-state index in [1.54, 1.807) is 25.1 Å². The normalized spacial score (nSPS) is 12.5. The number of para-hydroxylation sites is 1. The molecule has 0 radical (unpaired) electrons. The molecule has 0 aliphatic heterocycles. The summed E-state index contributed by atoms with van der Waals surface area (Å²) in [6, 6.07) is 14.2. The van der Waals surface area contributed by atoms with Crippen molar-refractivity contribution in [3.05, 3.63) is 69.7 Å². The first-order valence-corrected chi connectivity index (χ1v) is 6.99. The average molecular weight is 300 g/mol. The number of rotatable bonds is 2. The van der Waals surface area contributed by atoms with Crippen molar-refractivity contribution in [3.63, 3.8) is 0 Å². The molecule has 5 heteroatoms. The van der Waals surface area contributed by atoms with Crippen LogP contribution in [-0.4, -0.2) is 9.55 Å². The Morgan fingerprint density at radius 2 is 1.86 bits per heavy atom. The summed E-state index contributed by atoms with van der Waals surface area (Å²) >= 11 is 6.17. The van der Waals surface area contributed by atoms with Gasteiger partial charge < -0.3 is 5.73 Å². The molecule has 4 nitrogen and oxygen atoms in total. The highest BCUT2D eigenvalue weighted by Gasteiger charge is 2.16. The minimum Gasteiger partial charge on any atom is -0.322 e. The molecular formula is C16H14ClN3O. The summed E-state index contributed by atoms with van der Waals surface area (Å²) < 4.78 is 1.53. The topological polar surface area (TPSA) is 60.9 Å². The highest BCUT2D eigenvalue weighted by Crippen LogP contribution is 2.21. The first-order valence-electron chi connectivity index (χ1n) is 6.62. The Hall–Kier alpha value is -2.17. The Morgan fingerprint density at radius 3 is 2.52 bits per heavy atom. The molecule has 21 heavy (non-hydrogen) atoms. The number of fused-ring (bicyclic) bond motifs is 1. The SMILES string of the molecule is C[C@@H](N)c1nc2cccc(Cl)c2c(=O)n1-c1ccccc1. The molecule has 0 aliphatic carbocycles. The molecule has 1 aromatic heterocycles. The van der Waals surface area contributed by atoms with Crippen molar-refractivity contribution in [1.29, 1.82) is 0 Å². The Labute approximate surface area is 126 Å². The molecule has 0 saturated carbocycles. The van der Waals surface area contributed by atoms with E-state index < -0.39 is 0 Å². The third kappa shape index (κ3) is 2.33. The van der Waals surface area contributed by atoms with Gasteiger partial charge in [-0.25, -0.2) is 4.98 Å². The summed E-state index contributed by atoms with van der Waals surface area (Å²) in [5.41, 5.74) is 7.08. The first kappa shape index (κ1) is 13.8. The van der Waals surface area contributed by atoms with Crippen LogP contribution in [0.4, 0.5) is 0 Å². The lowest BCUT2D eigenvalue weighted by molar-refractivity contribution is 0.696. The van der Waals surface area contributed by atoms with Gasteiger partial charge in [0, 0.05) is 0 Å². The van der Waals surface area contributed by atoms with Crippen LogP contribution in [0.15, 0.2) is 53.3 Å². The van der Waals surface area contributed by atoms with Gasteiger partial charge in [-0.3, -0.25) is 9.36 Å². The molecule has 1 heterocycles. The minimum absolute atomic E-state index is 0.205. The van der Waals surface area contributed by atoms with Crippen molar-refractivity contribution in [2.45, 2.75) is 13.0 Å². The molecule has 0 unspecified atom stereocenters. The molecule has 3 aromatic rings. The predicted molar refractivity (Wildman–Crippen MR) is 85.0 cm³/mol. The molecule has 0 fully saturated rings. The monoisotopic (exact) mass is 299 g/mol. The van der Waals surface area contributed by atoms with Crippen LogP contribution in [0.1, 0.15) is 18.8 Å². The van der Waals surface area contributed by atoms with Crippen LogP contribution in [-0.2, 0) is 0 Å². The summed E-state index contributed by atoms with van der Waals surface area (Å²) in [4.78, 5) is 17.4. The van der Waals surface area contributed by atoms with E-state index in [4.69, 9.17) is 17.3 Å². The van der Waals surface area contributed by atoms with Gasteiger partial charge in [0.05, 0.1) is 27.7 Å². The lowest BCUT2D eigenvalue weighted by Crippen LogP contribution is -2.27. The van der Waals surface area contributed by atoms with E-state index in [0.29, 0.717) is 21.7 Å². The van der Waals surface area contributed by atoms with Crippen LogP contribution in [0.3, 0.4) is 0 Å². The highest BCUT2D eigenvalue weighted by atomic mass is 35.5. The fourth-order valence-electron chi connectivity index (χ4n) is 2.34. The second-order valence-electron chi connectivity index (χ2n) is 4.87. The Kier molecular flexibility index (Phi) is 3.49. The minimum atomic E-state index is -0.374. The van der Waals surface area contributed by atoms with Gasteiger partial charge in [0.1, 0.15) is 5.82 Å². The molecule has 0 bridgehead atoms. The zero-order valence-corrected chi connectivity index (χ0v) is 12.2. The maximum Gasteiger partial charge on any atom is 0.267 e. The van der Waals surface area contributed by atoms with Crippen LogP contribution in [0.2, 0.25) is 5.02 Å². The van der Waals surface area contributed by atoms with Crippen LogP contribution < -0.4 is 11.3 Å². The van der Waals surface area contributed by atoms with E-state index in [-0.39, 0.29) is 11.6 Å². The van der Waals surface area contributed by atoms with Gasteiger partial charge in [0.2, 0.25) is 0 Å². The third-order valence-corrected chi connectivity index (χ3v) is 3.61. The van der Waals surface area contributed by atoms with E-state index in [9.17, 15) is 4.79 Å². The van der Waals surface area contributed by atoms with E-state index in [2.05, 4.69) is 4.98 Å². The van der Waals surface area contributed by atoms with Crippen molar-refractivity contribution in [1.82, 2.24) is 9.55 Å². The maximum atomic E-state index is 12.9. The zero-order chi connectivity index (χ0) is 15.0. The molecule has 1 atom stereocenters. The molecular weight excluding hydrogens is 286 g/mol. The summed E-state index contributed by atoms with van der Waals surface area (Å²) in [6.07, 6.45) is 0. The average Bonchev–Trinajstić information content (AvgIpc) is 2.47. The van der Waals surface area contributed by atoms with Crippen molar-refractivity contribution in [2.24, 2.45) is 5.73 Å². The number of nitrogens with zero attached hydrogens (tertiary/aromatic N) is 2. The quantitative estimate of drug-likeness (QED) is 0.791. The van der Waals surface area contributed by atoms with Crippen molar-refractivity contribution in [3.8, 4) is 5.69 Å². The second kappa shape index (κ2) is 5.31. The fourth-order valence-corrected chi connectivity index (χ4v) is 2.59. The standard InChI is InChI=1S/C16H14ClN3O/c1-10(18)15-19-13-9-5-8-12(17)14(13)16(21)20(15)11-6-3-2-4-7-11/h2-10H,18H2,1H3/t10-/m1/s1. The van der Waals surface area contributed by atoms with Crippen molar-refractivity contribution in [2.75, 3.05) is 0 Å². The number of hydrogen-bond donors (Lipinski definition) is 1. The van der Waals surface area contributed by atoms with Gasteiger partial charge in [-0.15, -0.1) is 0 Å². The summed E-state index contributed by atoms with van der Waals surface area (Å²) in [7, 11) is 0. The predicted octanol–water partition coefficient (Wildman–Crippen LogP) is 3.06. The van der Waals surface area contributed by atoms with Crippen molar-refractivity contribution >= 4 is 22.5 Å². The molecule has 3 rings (SSSR count).